The number of amides is 1. The molecule has 2 unspecified atom stereocenters. The Morgan fingerprint density at radius 2 is 2.00 bits per heavy atom. The molecule has 8 heteroatoms. The summed E-state index contributed by atoms with van der Waals surface area (Å²) in [4.78, 5) is 15.1. The minimum absolute atomic E-state index is 0.0912. The second kappa shape index (κ2) is 11.0. The van der Waals surface area contributed by atoms with Crippen LogP contribution in [-0.4, -0.2) is 63.4 Å². The van der Waals surface area contributed by atoms with Gasteiger partial charge in [-0.2, -0.15) is 0 Å². The molecule has 7 nitrogen and oxygen atoms in total. The van der Waals surface area contributed by atoms with Gasteiger partial charge in [-0.3, -0.25) is 4.79 Å². The fourth-order valence-corrected chi connectivity index (χ4v) is 3.74. The van der Waals surface area contributed by atoms with Crippen LogP contribution >= 0.6 is 0 Å². The number of nitrogens with one attached hydrogen (secondary N) is 1. The number of hydrogen-bond donors (Lipinski definition) is 2. The highest BCUT2D eigenvalue weighted by Gasteiger charge is 2.31. The minimum atomic E-state index is -0.275. The number of anilines is 1. The van der Waals surface area contributed by atoms with Gasteiger partial charge in [0.1, 0.15) is 17.3 Å². The van der Waals surface area contributed by atoms with Crippen LogP contribution in [0, 0.1) is 5.82 Å². The monoisotopic (exact) mass is 431 g/mol. The lowest BCUT2D eigenvalue weighted by atomic mass is 10.0. The first-order chi connectivity index (χ1) is 15.0. The Morgan fingerprint density at radius 1 is 1.23 bits per heavy atom. The van der Waals surface area contributed by atoms with E-state index >= 15 is 0 Å². The van der Waals surface area contributed by atoms with Gasteiger partial charge in [0.25, 0.3) is 5.91 Å². The number of piperidine rings is 1. The fourth-order valence-electron chi connectivity index (χ4n) is 3.74. The van der Waals surface area contributed by atoms with Crippen LogP contribution in [0.2, 0.25) is 0 Å². The predicted molar refractivity (Wildman–Crippen MR) is 117 cm³/mol. The van der Waals surface area contributed by atoms with Crippen LogP contribution in [0.4, 0.5) is 10.1 Å². The molecule has 3 N–H and O–H groups in total. The molecular weight excluding hydrogens is 401 g/mol. The van der Waals surface area contributed by atoms with Gasteiger partial charge in [0.2, 0.25) is 0 Å². The number of nitrogens with two attached hydrogens (primary N) is 1. The van der Waals surface area contributed by atoms with E-state index in [9.17, 15) is 9.18 Å². The number of nitrogens with zero attached hydrogens (tertiary/aromatic N) is 1. The van der Waals surface area contributed by atoms with Crippen molar-refractivity contribution in [2.45, 2.75) is 25.0 Å². The highest BCUT2D eigenvalue weighted by Crippen LogP contribution is 2.22. The number of benzene rings is 2. The summed E-state index contributed by atoms with van der Waals surface area (Å²) in [5.74, 6) is 0.633. The van der Waals surface area contributed by atoms with Crippen molar-refractivity contribution in [2.75, 3.05) is 46.2 Å². The summed E-state index contributed by atoms with van der Waals surface area (Å²) in [6, 6.07) is 10.9. The molecule has 3 rings (SSSR count). The summed E-state index contributed by atoms with van der Waals surface area (Å²) in [5, 5.41) is 3.08. The smallest absolute Gasteiger partial charge is 0.255 e. The summed E-state index contributed by atoms with van der Waals surface area (Å²) in [6.45, 7) is 2.97. The van der Waals surface area contributed by atoms with Crippen LogP contribution in [0.25, 0.3) is 0 Å². The zero-order valence-corrected chi connectivity index (χ0v) is 18.0. The highest BCUT2D eigenvalue weighted by atomic mass is 19.1. The van der Waals surface area contributed by atoms with Crippen LogP contribution in [0.5, 0.6) is 11.5 Å². The van der Waals surface area contributed by atoms with Gasteiger partial charge in [-0.05, 0) is 49.2 Å². The molecule has 0 saturated carbocycles. The van der Waals surface area contributed by atoms with E-state index in [0.29, 0.717) is 29.4 Å². The molecule has 31 heavy (non-hydrogen) atoms. The Bertz CT molecular complexity index is 862. The molecule has 1 fully saturated rings. The van der Waals surface area contributed by atoms with Crippen molar-refractivity contribution < 1.29 is 23.4 Å². The molecule has 2 atom stereocenters. The third-order valence-electron chi connectivity index (χ3n) is 5.43. The molecule has 1 amide bonds. The molecule has 0 aliphatic carbocycles. The maximum absolute atomic E-state index is 12.9. The van der Waals surface area contributed by atoms with E-state index < -0.39 is 0 Å². The lowest BCUT2D eigenvalue weighted by Crippen LogP contribution is -2.55. The van der Waals surface area contributed by atoms with Gasteiger partial charge in [-0.1, -0.05) is 0 Å². The van der Waals surface area contributed by atoms with E-state index in [-0.39, 0.29) is 23.9 Å². The first-order valence-corrected chi connectivity index (χ1v) is 10.4. The van der Waals surface area contributed by atoms with Crippen molar-refractivity contribution in [3.63, 3.8) is 0 Å². The van der Waals surface area contributed by atoms with Crippen LogP contribution in [-0.2, 0) is 4.74 Å². The Labute approximate surface area is 182 Å². The van der Waals surface area contributed by atoms with Gasteiger partial charge >= 0.3 is 0 Å². The Hall–Kier alpha value is -2.84. The second-order valence-electron chi connectivity index (χ2n) is 7.56. The zero-order chi connectivity index (χ0) is 22.2. The maximum Gasteiger partial charge on any atom is 0.255 e. The van der Waals surface area contributed by atoms with E-state index in [1.807, 2.05) is 0 Å². The summed E-state index contributed by atoms with van der Waals surface area (Å²) in [5.41, 5.74) is 6.77. The second-order valence-corrected chi connectivity index (χ2v) is 7.56. The van der Waals surface area contributed by atoms with E-state index in [2.05, 4.69) is 10.2 Å². The Morgan fingerprint density at radius 3 is 2.71 bits per heavy atom. The molecule has 1 saturated heterocycles. The molecule has 0 aromatic heterocycles. The number of nitrogen functional groups attached to an aromatic ring is 1. The van der Waals surface area contributed by atoms with Crippen molar-refractivity contribution in [1.29, 1.82) is 0 Å². The SMILES string of the molecule is COc1cc(N)ccc1C(=O)NC1CCN(CCCOc2ccc(F)cc2)CC1OC. The number of rotatable bonds is 9. The molecule has 1 heterocycles. The van der Waals surface area contributed by atoms with E-state index in [1.54, 1.807) is 37.4 Å². The highest BCUT2D eigenvalue weighted by molar-refractivity contribution is 5.97. The summed E-state index contributed by atoms with van der Waals surface area (Å²) < 4.78 is 29.5. The average Bonchev–Trinajstić information content (AvgIpc) is 2.78. The van der Waals surface area contributed by atoms with Crippen molar-refractivity contribution in [3.8, 4) is 11.5 Å². The van der Waals surface area contributed by atoms with Gasteiger partial charge in [0.15, 0.2) is 0 Å². The normalized spacial score (nSPS) is 19.1. The number of halogens is 1. The summed E-state index contributed by atoms with van der Waals surface area (Å²) in [7, 11) is 3.18. The van der Waals surface area contributed by atoms with Crippen molar-refractivity contribution in [2.24, 2.45) is 0 Å². The van der Waals surface area contributed by atoms with Gasteiger partial charge in [-0.25, -0.2) is 4.39 Å². The first-order valence-electron chi connectivity index (χ1n) is 10.4. The molecular formula is C23H30FN3O4. The van der Waals surface area contributed by atoms with Crippen LogP contribution in [0.1, 0.15) is 23.2 Å². The van der Waals surface area contributed by atoms with Gasteiger partial charge < -0.3 is 30.2 Å². The lowest BCUT2D eigenvalue weighted by molar-refractivity contribution is 0.00527. The summed E-state index contributed by atoms with van der Waals surface area (Å²) >= 11 is 0. The molecule has 0 bridgehead atoms. The number of hydrogen-bond acceptors (Lipinski definition) is 6. The summed E-state index contributed by atoms with van der Waals surface area (Å²) in [6.07, 6.45) is 1.50. The van der Waals surface area contributed by atoms with Crippen molar-refractivity contribution >= 4 is 11.6 Å². The fraction of sp³-hybridized carbons (Fsp3) is 0.435. The van der Waals surface area contributed by atoms with E-state index in [1.165, 1.54) is 19.2 Å². The number of likely N-dealkylation sites (tertiary alicyclic amines) is 1. The standard InChI is InChI=1S/C23H30FN3O4/c1-29-21-14-17(25)6-9-19(21)23(28)26-20-10-12-27(15-22(20)30-2)11-3-13-31-18-7-4-16(24)5-8-18/h4-9,14,20,22H,3,10-13,15,25H2,1-2H3,(H,26,28). The van der Waals surface area contributed by atoms with Crippen LogP contribution in [0.3, 0.4) is 0 Å². The third-order valence-corrected chi connectivity index (χ3v) is 5.43. The average molecular weight is 432 g/mol. The third kappa shape index (κ3) is 6.32. The lowest BCUT2D eigenvalue weighted by Gasteiger charge is -2.38. The molecule has 2 aromatic rings. The maximum atomic E-state index is 12.9. The molecule has 2 aromatic carbocycles. The zero-order valence-electron chi connectivity index (χ0n) is 18.0. The van der Waals surface area contributed by atoms with Gasteiger partial charge in [-0.15, -0.1) is 0 Å². The Balaban J connectivity index is 1.46. The van der Waals surface area contributed by atoms with Crippen LogP contribution < -0.4 is 20.5 Å². The molecule has 0 spiro atoms. The van der Waals surface area contributed by atoms with Crippen molar-refractivity contribution in [3.05, 3.63) is 53.8 Å². The predicted octanol–water partition coefficient (Wildman–Crippen LogP) is 2.70. The Kier molecular flexibility index (Phi) is 8.08. The quantitative estimate of drug-likeness (QED) is 0.469. The number of carbonyl (C=O) groups is 1. The first kappa shape index (κ1) is 22.8. The van der Waals surface area contributed by atoms with E-state index in [4.69, 9.17) is 19.9 Å². The number of ether oxygens (including phenoxy) is 3. The molecule has 1 aliphatic rings. The number of methoxy groups -OCH3 is 2. The molecule has 0 radical (unpaired) electrons. The van der Waals surface area contributed by atoms with Gasteiger partial charge in [0.05, 0.1) is 31.4 Å². The van der Waals surface area contributed by atoms with Crippen LogP contribution in [0.15, 0.2) is 42.5 Å². The molecule has 168 valence electrons. The van der Waals surface area contributed by atoms with E-state index in [0.717, 1.165) is 32.5 Å². The van der Waals surface area contributed by atoms with Gasteiger partial charge in [0, 0.05) is 38.5 Å². The number of carbonyl (C=O) groups excluding carboxylic acids is 1. The largest absolute Gasteiger partial charge is 0.496 e. The topological polar surface area (TPSA) is 86.0 Å². The molecule has 1 aliphatic heterocycles. The van der Waals surface area contributed by atoms with Crippen molar-refractivity contribution in [1.82, 2.24) is 10.2 Å². The minimum Gasteiger partial charge on any atom is -0.496 e.